The molecule has 0 radical (unpaired) electrons. The lowest BCUT2D eigenvalue weighted by atomic mass is 10.1. The smallest absolute Gasteiger partial charge is 0.161 e. The van der Waals surface area contributed by atoms with E-state index in [-0.39, 0.29) is 12.2 Å². The van der Waals surface area contributed by atoms with Gasteiger partial charge in [0.05, 0.1) is 12.8 Å². The highest BCUT2D eigenvalue weighted by molar-refractivity contribution is 5.66. The summed E-state index contributed by atoms with van der Waals surface area (Å²) in [6.45, 7) is -0.0316. The monoisotopic (exact) mass is 366 g/mol. The fourth-order valence-corrected chi connectivity index (χ4v) is 2.81. The minimum Gasteiger partial charge on any atom is -0.493 e. The van der Waals surface area contributed by atoms with Crippen LogP contribution in [0.1, 0.15) is 5.56 Å². The number of benzene rings is 2. The molecule has 0 N–H and O–H groups in total. The summed E-state index contributed by atoms with van der Waals surface area (Å²) in [5.74, 6) is -0.290. The van der Waals surface area contributed by atoms with Crippen molar-refractivity contribution < 1.29 is 18.3 Å². The summed E-state index contributed by atoms with van der Waals surface area (Å²) < 4.78 is 39.8. The second kappa shape index (κ2) is 7.07. The van der Waals surface area contributed by atoms with Crippen molar-refractivity contribution in [1.82, 2.24) is 9.38 Å². The van der Waals surface area contributed by atoms with E-state index in [0.717, 1.165) is 23.0 Å². The molecule has 0 amide bonds. The Morgan fingerprint density at radius 1 is 1.00 bits per heavy atom. The number of pyridine rings is 1. The molecule has 0 saturated heterocycles. The topological polar surface area (TPSA) is 35.8 Å². The number of hydrogen-bond acceptors (Lipinski definition) is 3. The molecule has 0 spiro atoms. The molecule has 0 saturated carbocycles. The maximum atomic E-state index is 13.8. The van der Waals surface area contributed by atoms with E-state index < -0.39 is 11.6 Å². The van der Waals surface area contributed by atoms with Gasteiger partial charge in [-0.25, -0.2) is 13.8 Å². The van der Waals surface area contributed by atoms with Crippen LogP contribution < -0.4 is 9.47 Å². The second-order valence-corrected chi connectivity index (χ2v) is 5.98. The van der Waals surface area contributed by atoms with Crippen molar-refractivity contribution in [3.05, 3.63) is 84.2 Å². The Morgan fingerprint density at radius 2 is 1.89 bits per heavy atom. The van der Waals surface area contributed by atoms with Crippen LogP contribution in [0.2, 0.25) is 0 Å². The first-order valence-corrected chi connectivity index (χ1v) is 8.33. The van der Waals surface area contributed by atoms with Gasteiger partial charge in [-0.05, 0) is 42.5 Å². The SMILES string of the molecule is COc1cc(-c2cn3ccccc3n2)ccc1OCc1ccc(F)cc1F. The Labute approximate surface area is 154 Å². The van der Waals surface area contributed by atoms with Crippen LogP contribution in [0, 0.1) is 11.6 Å². The average Bonchev–Trinajstić information content (AvgIpc) is 3.11. The molecule has 0 unspecified atom stereocenters. The standard InChI is InChI=1S/C21H16F2N2O2/c1-26-20-10-14(18-12-25-9-3-2-4-21(25)24-18)6-8-19(20)27-13-15-5-7-16(22)11-17(15)23/h2-12H,13H2,1H3. The molecule has 4 aromatic rings. The van der Waals surface area contributed by atoms with E-state index in [1.807, 2.05) is 47.1 Å². The van der Waals surface area contributed by atoms with Gasteiger partial charge in [0.2, 0.25) is 0 Å². The molecule has 4 nitrogen and oxygen atoms in total. The van der Waals surface area contributed by atoms with Crippen LogP contribution in [-0.4, -0.2) is 16.5 Å². The molecule has 136 valence electrons. The van der Waals surface area contributed by atoms with Crippen molar-refractivity contribution in [3.63, 3.8) is 0 Å². The molecule has 6 heteroatoms. The van der Waals surface area contributed by atoms with Crippen LogP contribution in [-0.2, 0) is 6.61 Å². The van der Waals surface area contributed by atoms with Crippen molar-refractivity contribution in [2.75, 3.05) is 7.11 Å². The number of nitrogens with zero attached hydrogens (tertiary/aromatic N) is 2. The molecular weight excluding hydrogens is 350 g/mol. The third-order valence-corrected chi connectivity index (χ3v) is 4.22. The van der Waals surface area contributed by atoms with Crippen molar-refractivity contribution in [2.24, 2.45) is 0 Å². The summed E-state index contributed by atoms with van der Waals surface area (Å²) in [7, 11) is 1.54. The van der Waals surface area contributed by atoms with Crippen LogP contribution in [0.5, 0.6) is 11.5 Å². The number of aromatic nitrogens is 2. The molecule has 0 fully saturated rings. The van der Waals surface area contributed by atoms with Crippen LogP contribution >= 0.6 is 0 Å². The zero-order chi connectivity index (χ0) is 18.8. The fraction of sp³-hybridized carbons (Fsp3) is 0.0952. The van der Waals surface area contributed by atoms with Gasteiger partial charge in [-0.15, -0.1) is 0 Å². The molecule has 27 heavy (non-hydrogen) atoms. The highest BCUT2D eigenvalue weighted by atomic mass is 19.1. The van der Waals surface area contributed by atoms with E-state index >= 15 is 0 Å². The Morgan fingerprint density at radius 3 is 2.67 bits per heavy atom. The van der Waals surface area contributed by atoms with E-state index in [9.17, 15) is 8.78 Å². The van der Waals surface area contributed by atoms with Crippen LogP contribution in [0.3, 0.4) is 0 Å². The maximum Gasteiger partial charge on any atom is 0.161 e. The van der Waals surface area contributed by atoms with Gasteiger partial charge in [0, 0.05) is 29.6 Å². The predicted molar refractivity (Wildman–Crippen MR) is 97.9 cm³/mol. The summed E-state index contributed by atoms with van der Waals surface area (Å²) in [5.41, 5.74) is 2.79. The molecule has 2 aromatic carbocycles. The number of imidazole rings is 1. The van der Waals surface area contributed by atoms with Gasteiger partial charge in [0.15, 0.2) is 11.5 Å². The minimum absolute atomic E-state index is 0.0316. The van der Waals surface area contributed by atoms with Gasteiger partial charge in [-0.3, -0.25) is 0 Å². The Hall–Kier alpha value is -3.41. The van der Waals surface area contributed by atoms with Crippen molar-refractivity contribution in [3.8, 4) is 22.8 Å². The summed E-state index contributed by atoms with van der Waals surface area (Å²) in [4.78, 5) is 4.58. The summed E-state index contributed by atoms with van der Waals surface area (Å²) >= 11 is 0. The summed E-state index contributed by atoms with van der Waals surface area (Å²) in [5, 5.41) is 0. The largest absolute Gasteiger partial charge is 0.493 e. The van der Waals surface area contributed by atoms with E-state index in [0.29, 0.717) is 11.5 Å². The third kappa shape index (κ3) is 3.46. The number of hydrogen-bond donors (Lipinski definition) is 0. The summed E-state index contributed by atoms with van der Waals surface area (Å²) in [6.07, 6.45) is 3.86. The molecule has 0 aliphatic heterocycles. The van der Waals surface area contributed by atoms with Gasteiger partial charge in [0.1, 0.15) is 23.9 Å². The lowest BCUT2D eigenvalue weighted by Crippen LogP contribution is -2.00. The number of halogens is 2. The van der Waals surface area contributed by atoms with E-state index in [1.54, 1.807) is 6.07 Å². The molecule has 2 aromatic heterocycles. The molecular formula is C21H16F2N2O2. The lowest BCUT2D eigenvalue weighted by Gasteiger charge is -2.12. The average molecular weight is 366 g/mol. The highest BCUT2D eigenvalue weighted by Gasteiger charge is 2.11. The zero-order valence-electron chi connectivity index (χ0n) is 14.5. The number of ether oxygens (including phenoxy) is 2. The maximum absolute atomic E-state index is 13.8. The molecule has 2 heterocycles. The normalized spacial score (nSPS) is 10.9. The van der Waals surface area contributed by atoms with Crippen LogP contribution in [0.4, 0.5) is 8.78 Å². The molecule has 0 aliphatic rings. The van der Waals surface area contributed by atoms with Gasteiger partial charge in [-0.2, -0.15) is 0 Å². The van der Waals surface area contributed by atoms with Crippen molar-refractivity contribution in [1.29, 1.82) is 0 Å². The lowest BCUT2D eigenvalue weighted by molar-refractivity contribution is 0.279. The van der Waals surface area contributed by atoms with Gasteiger partial charge < -0.3 is 13.9 Å². The van der Waals surface area contributed by atoms with E-state index in [2.05, 4.69) is 4.98 Å². The predicted octanol–water partition coefficient (Wildman–Crippen LogP) is 4.87. The molecule has 4 rings (SSSR count). The second-order valence-electron chi connectivity index (χ2n) is 5.98. The first-order chi connectivity index (χ1) is 13.1. The molecule has 0 atom stereocenters. The van der Waals surface area contributed by atoms with Crippen LogP contribution in [0.25, 0.3) is 16.9 Å². The van der Waals surface area contributed by atoms with Crippen LogP contribution in [0.15, 0.2) is 67.0 Å². The third-order valence-electron chi connectivity index (χ3n) is 4.22. The first kappa shape index (κ1) is 17.0. The van der Waals surface area contributed by atoms with Gasteiger partial charge >= 0.3 is 0 Å². The Balaban J connectivity index is 1.59. The van der Waals surface area contributed by atoms with Gasteiger partial charge in [-0.1, -0.05) is 6.07 Å². The Kier molecular flexibility index (Phi) is 4.46. The highest BCUT2D eigenvalue weighted by Crippen LogP contribution is 2.33. The first-order valence-electron chi connectivity index (χ1n) is 8.33. The minimum atomic E-state index is -0.643. The van der Waals surface area contributed by atoms with Crippen molar-refractivity contribution in [2.45, 2.75) is 6.61 Å². The van der Waals surface area contributed by atoms with Gasteiger partial charge in [0.25, 0.3) is 0 Å². The summed E-state index contributed by atoms with van der Waals surface area (Å²) in [6, 6.07) is 14.6. The number of methoxy groups -OCH3 is 1. The van der Waals surface area contributed by atoms with E-state index in [1.165, 1.54) is 19.2 Å². The molecule has 0 bridgehead atoms. The molecule has 0 aliphatic carbocycles. The number of rotatable bonds is 5. The number of fused-ring (bicyclic) bond motifs is 1. The van der Waals surface area contributed by atoms with E-state index in [4.69, 9.17) is 9.47 Å². The fourth-order valence-electron chi connectivity index (χ4n) is 2.81. The van der Waals surface area contributed by atoms with Crippen molar-refractivity contribution >= 4 is 5.65 Å². The zero-order valence-corrected chi connectivity index (χ0v) is 14.5. The quantitative estimate of drug-likeness (QED) is 0.506. The Bertz CT molecular complexity index is 1080.